The van der Waals surface area contributed by atoms with Crippen LogP contribution in [-0.4, -0.2) is 52.4 Å². The van der Waals surface area contributed by atoms with E-state index in [1.54, 1.807) is 22.9 Å². The fourth-order valence-corrected chi connectivity index (χ4v) is 5.64. The zero-order chi connectivity index (χ0) is 31.9. The molecule has 0 bridgehead atoms. The van der Waals surface area contributed by atoms with Crippen molar-refractivity contribution < 1.29 is 32.5 Å². The highest BCUT2D eigenvalue weighted by Crippen LogP contribution is 2.54. The first-order chi connectivity index (χ1) is 21.2. The number of imidazole rings is 1. The van der Waals surface area contributed by atoms with E-state index in [0.717, 1.165) is 18.2 Å². The third-order valence-electron chi connectivity index (χ3n) is 8.70. The average molecular weight is 623 g/mol. The van der Waals surface area contributed by atoms with E-state index in [9.17, 15) is 19.0 Å². The quantitative estimate of drug-likeness (QED) is 0.209. The summed E-state index contributed by atoms with van der Waals surface area (Å²) in [5.74, 6) is -1.03. The van der Waals surface area contributed by atoms with Crippen molar-refractivity contribution >= 4 is 5.65 Å². The second-order valence-electron chi connectivity index (χ2n) is 12.5. The number of aromatic nitrogens is 6. The highest BCUT2D eigenvalue weighted by atomic mass is 19.2. The number of nitrogens with zero attached hydrogens (tertiary/aromatic N) is 6. The second-order valence-corrected chi connectivity index (χ2v) is 12.5. The van der Waals surface area contributed by atoms with E-state index in [1.165, 1.54) is 44.0 Å². The lowest BCUT2D eigenvalue weighted by Crippen LogP contribution is -2.44. The molecule has 0 spiro atoms. The van der Waals surface area contributed by atoms with Crippen molar-refractivity contribution in [2.75, 3.05) is 7.11 Å². The summed E-state index contributed by atoms with van der Waals surface area (Å²) in [6.07, 6.45) is 5.66. The maximum atomic E-state index is 16.1. The average Bonchev–Trinajstić information content (AvgIpc) is 3.81. The number of aliphatic hydroxyl groups is 2. The molecule has 13 heteroatoms. The number of halogens is 4. The zero-order valence-electron chi connectivity index (χ0n) is 24.7. The summed E-state index contributed by atoms with van der Waals surface area (Å²) in [7, 11) is 1.47. The molecule has 0 aliphatic heterocycles. The smallest absolute Gasteiger partial charge is 0.180 e. The molecule has 9 nitrogen and oxygen atoms in total. The van der Waals surface area contributed by atoms with E-state index in [4.69, 9.17) is 4.74 Å². The number of fused-ring (bicyclic) bond motifs is 1. The highest BCUT2D eigenvalue weighted by molar-refractivity contribution is 5.67. The highest BCUT2D eigenvalue weighted by Gasteiger charge is 2.62. The molecule has 0 saturated heterocycles. The minimum atomic E-state index is -2.30. The molecule has 7 rings (SSSR count). The van der Waals surface area contributed by atoms with E-state index in [0.29, 0.717) is 41.2 Å². The van der Waals surface area contributed by atoms with Crippen LogP contribution in [0.15, 0.2) is 55.0 Å². The summed E-state index contributed by atoms with van der Waals surface area (Å²) in [6.45, 7) is 2.28. The molecule has 4 heterocycles. The van der Waals surface area contributed by atoms with E-state index >= 15 is 8.78 Å². The van der Waals surface area contributed by atoms with E-state index < -0.39 is 40.7 Å². The van der Waals surface area contributed by atoms with Crippen molar-refractivity contribution in [1.29, 1.82) is 0 Å². The van der Waals surface area contributed by atoms with Crippen LogP contribution in [-0.2, 0) is 23.4 Å². The molecule has 0 radical (unpaired) electrons. The number of hydrogen-bond donors (Lipinski definition) is 2. The van der Waals surface area contributed by atoms with Gasteiger partial charge in [0, 0.05) is 29.1 Å². The van der Waals surface area contributed by atoms with Crippen LogP contribution in [0.5, 0.6) is 5.75 Å². The van der Waals surface area contributed by atoms with Gasteiger partial charge < -0.3 is 19.4 Å². The molecule has 45 heavy (non-hydrogen) atoms. The first-order valence-electron chi connectivity index (χ1n) is 14.5. The van der Waals surface area contributed by atoms with Gasteiger partial charge in [-0.25, -0.2) is 32.2 Å². The minimum Gasteiger partial charge on any atom is -0.493 e. The van der Waals surface area contributed by atoms with Crippen LogP contribution >= 0.6 is 0 Å². The maximum Gasteiger partial charge on any atom is 0.180 e. The summed E-state index contributed by atoms with van der Waals surface area (Å²) in [4.78, 5) is 8.77. The lowest BCUT2D eigenvalue weighted by molar-refractivity contribution is -0.0757. The van der Waals surface area contributed by atoms with Crippen molar-refractivity contribution in [3.63, 3.8) is 0 Å². The Morgan fingerprint density at radius 2 is 1.64 bits per heavy atom. The van der Waals surface area contributed by atoms with Gasteiger partial charge >= 0.3 is 0 Å². The topological polar surface area (TPSA) is 111 Å². The van der Waals surface area contributed by atoms with Gasteiger partial charge in [-0.2, -0.15) is 0 Å². The lowest BCUT2D eigenvalue weighted by atomic mass is 9.86. The number of rotatable bonds is 9. The molecule has 2 N–H and O–H groups in total. The Morgan fingerprint density at radius 1 is 0.933 bits per heavy atom. The maximum absolute atomic E-state index is 16.1. The molecule has 2 fully saturated rings. The van der Waals surface area contributed by atoms with Crippen LogP contribution in [0.1, 0.15) is 56.5 Å². The molecule has 234 valence electrons. The van der Waals surface area contributed by atoms with Gasteiger partial charge in [0.15, 0.2) is 28.5 Å². The summed E-state index contributed by atoms with van der Waals surface area (Å²) in [5.41, 5.74) is -6.44. The summed E-state index contributed by atoms with van der Waals surface area (Å²) in [6, 6.07) is 7.73. The minimum absolute atomic E-state index is 0.0146. The summed E-state index contributed by atoms with van der Waals surface area (Å²) >= 11 is 0. The molecule has 2 aliphatic rings. The van der Waals surface area contributed by atoms with Crippen LogP contribution in [0, 0.1) is 11.6 Å². The van der Waals surface area contributed by atoms with Gasteiger partial charge in [-0.1, -0.05) is 5.21 Å². The van der Waals surface area contributed by atoms with Crippen molar-refractivity contribution in [3.05, 3.63) is 83.6 Å². The second kappa shape index (κ2) is 9.82. The van der Waals surface area contributed by atoms with Crippen molar-refractivity contribution in [2.45, 2.75) is 68.6 Å². The van der Waals surface area contributed by atoms with Gasteiger partial charge in [0.05, 0.1) is 36.8 Å². The largest absolute Gasteiger partial charge is 0.493 e. The van der Waals surface area contributed by atoms with E-state index in [1.807, 2.05) is 0 Å². The summed E-state index contributed by atoms with van der Waals surface area (Å²) in [5, 5.41) is 31.2. The normalized spacial score (nSPS) is 18.2. The lowest BCUT2D eigenvalue weighted by Gasteiger charge is -2.33. The van der Waals surface area contributed by atoms with Crippen LogP contribution in [0.3, 0.4) is 0 Å². The SMILES string of the molecule is COc1cc(-c2cn(C[C@@](O)(c3cc(C(C)(C)O)c(F)c(-c4ccc(F)cc4)n3)C3(F)CC3)nn2)cn2cc(C3(F)CC3)nc12. The first kappa shape index (κ1) is 29.4. The van der Waals surface area contributed by atoms with Gasteiger partial charge in [0.1, 0.15) is 22.9 Å². The Hall–Kier alpha value is -4.36. The third-order valence-corrected chi connectivity index (χ3v) is 8.70. The summed E-state index contributed by atoms with van der Waals surface area (Å²) < 4.78 is 68.7. The van der Waals surface area contributed by atoms with Crippen LogP contribution < -0.4 is 4.74 Å². The Bertz CT molecular complexity index is 1940. The van der Waals surface area contributed by atoms with Crippen LogP contribution in [0.4, 0.5) is 17.6 Å². The Labute approximate surface area is 255 Å². The number of benzene rings is 1. The van der Waals surface area contributed by atoms with Crippen LogP contribution in [0.25, 0.3) is 28.2 Å². The monoisotopic (exact) mass is 622 g/mol. The van der Waals surface area contributed by atoms with Crippen molar-refractivity contribution in [3.8, 4) is 28.3 Å². The standard InChI is InChI=1S/C32H30F4N6O3/c1-29(2,43)21-13-24(37-27(26(21)34)18-4-6-20(33)7-5-18)32(44,31(36)10-11-31)17-42-15-22(39-40-42)19-12-23(45-3)28-38-25(16-41(28)14-19)30(35)8-9-30/h4-7,12-16,43-44H,8-11,17H2,1-3H3/t32-/m1/s1. The van der Waals surface area contributed by atoms with Gasteiger partial charge in [0.25, 0.3) is 0 Å². The predicted molar refractivity (Wildman–Crippen MR) is 155 cm³/mol. The molecule has 2 aliphatic carbocycles. The number of ether oxygens (including phenoxy) is 1. The van der Waals surface area contributed by atoms with Gasteiger partial charge in [-0.3, -0.25) is 0 Å². The Kier molecular flexibility index (Phi) is 6.41. The fraction of sp³-hybridized carbons (Fsp3) is 0.375. The molecule has 0 amide bonds. The molecule has 0 unspecified atom stereocenters. The number of hydrogen-bond acceptors (Lipinski definition) is 7. The molecule has 4 aromatic heterocycles. The fourth-order valence-electron chi connectivity index (χ4n) is 5.64. The predicted octanol–water partition coefficient (Wildman–Crippen LogP) is 5.52. The Balaban J connectivity index is 1.29. The molecular formula is C32H30F4N6O3. The zero-order valence-corrected chi connectivity index (χ0v) is 24.7. The van der Waals surface area contributed by atoms with Crippen molar-refractivity contribution in [1.82, 2.24) is 29.4 Å². The third kappa shape index (κ3) is 4.94. The molecule has 1 aromatic carbocycles. The van der Waals surface area contributed by atoms with Gasteiger partial charge in [-0.15, -0.1) is 5.10 Å². The first-order valence-corrected chi connectivity index (χ1v) is 14.5. The van der Waals surface area contributed by atoms with E-state index in [2.05, 4.69) is 20.3 Å². The molecule has 1 atom stereocenters. The van der Waals surface area contributed by atoms with Gasteiger partial charge in [0.2, 0.25) is 0 Å². The molecular weight excluding hydrogens is 592 g/mol. The number of methoxy groups -OCH3 is 1. The molecule has 2 saturated carbocycles. The van der Waals surface area contributed by atoms with Crippen molar-refractivity contribution in [2.24, 2.45) is 0 Å². The Morgan fingerprint density at radius 3 is 2.27 bits per heavy atom. The number of pyridine rings is 2. The van der Waals surface area contributed by atoms with Crippen LogP contribution in [0.2, 0.25) is 0 Å². The molecule has 5 aromatic rings. The van der Waals surface area contributed by atoms with E-state index in [-0.39, 0.29) is 35.4 Å². The van der Waals surface area contributed by atoms with Gasteiger partial charge in [-0.05, 0) is 75.9 Å². The number of alkyl halides is 2.